The number of carbonyl (C=O) groups excluding carboxylic acids is 1. The third-order valence-corrected chi connectivity index (χ3v) is 4.14. The maximum atomic E-state index is 12.0. The molecule has 0 aliphatic carbocycles. The number of fused-ring (bicyclic) bond motifs is 1. The molecule has 0 saturated heterocycles. The number of hydrogen-bond donors (Lipinski definition) is 0. The fraction of sp³-hybridized carbons (Fsp3) is 0.0500. The maximum absolute atomic E-state index is 12.0. The Labute approximate surface area is 143 Å². The van der Waals surface area contributed by atoms with Gasteiger partial charge in [-0.25, -0.2) is 4.79 Å². The highest BCUT2D eigenvalue weighted by Crippen LogP contribution is 2.26. The highest BCUT2D eigenvalue weighted by atomic mass is 79.9. The van der Waals surface area contributed by atoms with Crippen molar-refractivity contribution in [3.63, 3.8) is 0 Å². The number of esters is 1. The van der Waals surface area contributed by atoms with Crippen LogP contribution in [0.3, 0.4) is 0 Å². The van der Waals surface area contributed by atoms with E-state index < -0.39 is 5.97 Å². The Morgan fingerprint density at radius 3 is 2.65 bits per heavy atom. The third-order valence-electron chi connectivity index (χ3n) is 3.52. The minimum absolute atomic E-state index is 0.400. The molecule has 0 aliphatic rings. The van der Waals surface area contributed by atoms with Crippen molar-refractivity contribution in [2.45, 2.75) is 6.92 Å². The van der Waals surface area contributed by atoms with E-state index in [0.717, 1.165) is 26.4 Å². The molecule has 0 radical (unpaired) electrons. The van der Waals surface area contributed by atoms with E-state index in [4.69, 9.17) is 4.74 Å². The Kier molecular flexibility index (Phi) is 4.58. The number of rotatable bonds is 3. The van der Waals surface area contributed by atoms with Crippen LogP contribution in [0.25, 0.3) is 16.8 Å². The first kappa shape index (κ1) is 15.5. The average molecular weight is 367 g/mol. The number of halogens is 1. The molecule has 0 atom stereocenters. The molecule has 0 aliphatic heterocycles. The molecule has 0 fully saturated rings. The molecule has 0 heterocycles. The molecule has 0 saturated carbocycles. The summed E-state index contributed by atoms with van der Waals surface area (Å²) >= 11 is 3.40. The first-order valence-electron chi connectivity index (χ1n) is 7.27. The smallest absolute Gasteiger partial charge is 0.336 e. The van der Waals surface area contributed by atoms with Gasteiger partial charge in [0.15, 0.2) is 0 Å². The Morgan fingerprint density at radius 1 is 1.04 bits per heavy atom. The zero-order chi connectivity index (χ0) is 16.2. The van der Waals surface area contributed by atoms with Gasteiger partial charge in [0.05, 0.1) is 4.47 Å². The second-order valence-electron chi connectivity index (χ2n) is 5.26. The van der Waals surface area contributed by atoms with Crippen molar-refractivity contribution in [3.8, 4) is 5.75 Å². The standard InChI is InChI=1S/C20H15BrO2/c1-14-9-11-19(18(21)13-14)23-20(22)12-10-16-7-4-6-15-5-2-3-8-17(15)16/h2-13H,1H3. The Morgan fingerprint density at radius 2 is 1.83 bits per heavy atom. The molecule has 0 spiro atoms. The fourth-order valence-electron chi connectivity index (χ4n) is 2.38. The Bertz CT molecular complexity index is 892. The monoisotopic (exact) mass is 366 g/mol. The molecule has 3 rings (SSSR count). The van der Waals surface area contributed by atoms with Crippen molar-refractivity contribution in [2.75, 3.05) is 0 Å². The van der Waals surface area contributed by atoms with Crippen LogP contribution in [0.5, 0.6) is 5.75 Å². The molecule has 3 heteroatoms. The van der Waals surface area contributed by atoms with Crippen LogP contribution in [0.15, 0.2) is 71.2 Å². The van der Waals surface area contributed by atoms with Gasteiger partial charge in [-0.3, -0.25) is 0 Å². The first-order valence-corrected chi connectivity index (χ1v) is 8.06. The molecule has 3 aromatic rings. The molecule has 23 heavy (non-hydrogen) atoms. The van der Waals surface area contributed by atoms with Gasteiger partial charge in [0, 0.05) is 6.08 Å². The lowest BCUT2D eigenvalue weighted by molar-refractivity contribution is -0.128. The second-order valence-corrected chi connectivity index (χ2v) is 6.11. The maximum Gasteiger partial charge on any atom is 0.336 e. The number of carbonyl (C=O) groups is 1. The van der Waals surface area contributed by atoms with Gasteiger partial charge >= 0.3 is 5.97 Å². The minimum Gasteiger partial charge on any atom is -0.422 e. The summed E-state index contributed by atoms with van der Waals surface area (Å²) in [5.74, 6) is 0.116. The minimum atomic E-state index is -0.400. The van der Waals surface area contributed by atoms with Gasteiger partial charge in [-0.1, -0.05) is 48.5 Å². The molecular formula is C20H15BrO2. The van der Waals surface area contributed by atoms with E-state index in [1.807, 2.05) is 49.4 Å². The quantitative estimate of drug-likeness (QED) is 0.346. The summed E-state index contributed by atoms with van der Waals surface area (Å²) in [7, 11) is 0. The zero-order valence-electron chi connectivity index (χ0n) is 12.6. The van der Waals surface area contributed by atoms with Gasteiger partial charge in [0.25, 0.3) is 0 Å². The first-order chi connectivity index (χ1) is 11.1. The van der Waals surface area contributed by atoms with Crippen LogP contribution < -0.4 is 4.74 Å². The molecule has 0 amide bonds. The number of benzene rings is 3. The summed E-state index contributed by atoms with van der Waals surface area (Å²) in [5, 5.41) is 2.25. The SMILES string of the molecule is Cc1ccc(OC(=O)C=Cc2cccc3ccccc23)c(Br)c1. The molecule has 2 nitrogen and oxygen atoms in total. The van der Waals surface area contributed by atoms with E-state index in [-0.39, 0.29) is 0 Å². The highest BCUT2D eigenvalue weighted by molar-refractivity contribution is 9.10. The van der Waals surface area contributed by atoms with Gasteiger partial charge in [-0.05, 0) is 63.0 Å². The molecule has 0 bridgehead atoms. The predicted molar refractivity (Wildman–Crippen MR) is 97.5 cm³/mol. The predicted octanol–water partition coefficient (Wildman–Crippen LogP) is 5.53. The van der Waals surface area contributed by atoms with Gasteiger partial charge in [-0.2, -0.15) is 0 Å². The second kappa shape index (κ2) is 6.80. The van der Waals surface area contributed by atoms with E-state index >= 15 is 0 Å². The number of ether oxygens (including phenoxy) is 1. The number of aryl methyl sites for hydroxylation is 1. The van der Waals surface area contributed by atoms with E-state index in [0.29, 0.717) is 5.75 Å². The van der Waals surface area contributed by atoms with Gasteiger partial charge in [0.2, 0.25) is 0 Å². The van der Waals surface area contributed by atoms with Gasteiger partial charge < -0.3 is 4.74 Å². The summed E-state index contributed by atoms with van der Waals surface area (Å²) in [5.41, 5.74) is 2.09. The van der Waals surface area contributed by atoms with Crippen LogP contribution in [-0.4, -0.2) is 5.97 Å². The molecule has 0 aromatic heterocycles. The summed E-state index contributed by atoms with van der Waals surface area (Å²) < 4.78 is 6.13. The lowest BCUT2D eigenvalue weighted by Crippen LogP contribution is -2.04. The van der Waals surface area contributed by atoms with E-state index in [1.54, 1.807) is 12.1 Å². The Balaban J connectivity index is 1.80. The summed E-state index contributed by atoms with van der Waals surface area (Å²) in [4.78, 5) is 12.0. The highest BCUT2D eigenvalue weighted by Gasteiger charge is 2.05. The summed E-state index contributed by atoms with van der Waals surface area (Å²) in [6, 6.07) is 19.7. The van der Waals surface area contributed by atoms with Crippen molar-refractivity contribution >= 4 is 38.7 Å². The third kappa shape index (κ3) is 3.69. The van der Waals surface area contributed by atoms with Crippen LogP contribution in [0.4, 0.5) is 0 Å². The molecule has 0 unspecified atom stereocenters. The average Bonchev–Trinajstić information content (AvgIpc) is 2.55. The topological polar surface area (TPSA) is 26.3 Å². The normalized spacial score (nSPS) is 11.0. The van der Waals surface area contributed by atoms with Gasteiger partial charge in [0.1, 0.15) is 5.75 Å². The lowest BCUT2D eigenvalue weighted by atomic mass is 10.0. The van der Waals surface area contributed by atoms with Crippen molar-refractivity contribution in [2.24, 2.45) is 0 Å². The Hall–Kier alpha value is -2.39. The lowest BCUT2D eigenvalue weighted by Gasteiger charge is -2.05. The van der Waals surface area contributed by atoms with Crippen LogP contribution in [0.1, 0.15) is 11.1 Å². The fourth-order valence-corrected chi connectivity index (χ4v) is 2.96. The molecule has 3 aromatic carbocycles. The van der Waals surface area contributed by atoms with Crippen LogP contribution in [0.2, 0.25) is 0 Å². The van der Waals surface area contributed by atoms with E-state index in [9.17, 15) is 4.79 Å². The van der Waals surface area contributed by atoms with Crippen LogP contribution >= 0.6 is 15.9 Å². The van der Waals surface area contributed by atoms with Crippen molar-refractivity contribution < 1.29 is 9.53 Å². The van der Waals surface area contributed by atoms with Crippen molar-refractivity contribution in [1.29, 1.82) is 0 Å². The van der Waals surface area contributed by atoms with Crippen LogP contribution in [0, 0.1) is 6.92 Å². The van der Waals surface area contributed by atoms with Crippen molar-refractivity contribution in [1.82, 2.24) is 0 Å². The molecular weight excluding hydrogens is 352 g/mol. The van der Waals surface area contributed by atoms with E-state index in [2.05, 4.69) is 28.1 Å². The summed E-state index contributed by atoms with van der Waals surface area (Å²) in [6.07, 6.45) is 3.24. The largest absolute Gasteiger partial charge is 0.422 e. The van der Waals surface area contributed by atoms with E-state index in [1.165, 1.54) is 6.08 Å². The zero-order valence-corrected chi connectivity index (χ0v) is 14.2. The van der Waals surface area contributed by atoms with Crippen LogP contribution in [-0.2, 0) is 4.79 Å². The summed E-state index contributed by atoms with van der Waals surface area (Å²) in [6.45, 7) is 1.98. The van der Waals surface area contributed by atoms with Gasteiger partial charge in [-0.15, -0.1) is 0 Å². The number of hydrogen-bond acceptors (Lipinski definition) is 2. The van der Waals surface area contributed by atoms with Crippen molar-refractivity contribution in [3.05, 3.63) is 82.3 Å². The molecule has 0 N–H and O–H groups in total. The molecule has 114 valence electrons.